The van der Waals surface area contributed by atoms with Crippen LogP contribution in [0.4, 0.5) is 22.0 Å². The number of alkyl halides is 5. The monoisotopic (exact) mass is 553 g/mol. The van der Waals surface area contributed by atoms with Crippen LogP contribution in [0.15, 0.2) is 67.3 Å². The molecule has 8 nitrogen and oxygen atoms in total. The molecule has 14 heteroatoms. The van der Waals surface area contributed by atoms with E-state index in [1.54, 1.807) is 0 Å². The zero-order valence-corrected chi connectivity index (χ0v) is 20.7. The summed E-state index contributed by atoms with van der Waals surface area (Å²) in [5, 5.41) is -5.94. The summed E-state index contributed by atoms with van der Waals surface area (Å²) < 4.78 is 105. The molecule has 0 aliphatic carbocycles. The van der Waals surface area contributed by atoms with Crippen LogP contribution in [-0.4, -0.2) is 68.1 Å². The number of benzene rings is 2. The number of halogens is 5. The summed E-state index contributed by atoms with van der Waals surface area (Å²) in [6, 6.07) is 13.9. The summed E-state index contributed by atoms with van der Waals surface area (Å²) in [6.45, 7) is 4.20. The van der Waals surface area contributed by atoms with Gasteiger partial charge in [0.25, 0.3) is 6.10 Å². The van der Waals surface area contributed by atoms with Crippen LogP contribution in [0.2, 0.25) is 0 Å². The van der Waals surface area contributed by atoms with E-state index in [0.29, 0.717) is 0 Å². The third kappa shape index (κ3) is 10.3. The average Bonchev–Trinajstić information content (AvgIpc) is 2.76. The van der Waals surface area contributed by atoms with Crippen LogP contribution in [0.5, 0.6) is 5.75 Å². The minimum Gasteiger partial charge on any atom is -0.743 e. The van der Waals surface area contributed by atoms with E-state index in [0.717, 1.165) is 41.4 Å². The smallest absolute Gasteiger partial charge is 0.432 e. The fraction of sp³-hybridized carbons (Fsp3) is 0.304. The van der Waals surface area contributed by atoms with Crippen molar-refractivity contribution < 1.29 is 58.5 Å². The van der Waals surface area contributed by atoms with Gasteiger partial charge in [0, 0.05) is 11.6 Å². The summed E-state index contributed by atoms with van der Waals surface area (Å²) in [6.07, 6.45) is -9.76. The molecule has 0 radical (unpaired) electrons. The molecule has 0 saturated carbocycles. The van der Waals surface area contributed by atoms with Gasteiger partial charge in [-0.25, -0.2) is 18.0 Å². The van der Waals surface area contributed by atoms with E-state index in [4.69, 9.17) is 0 Å². The van der Waals surface area contributed by atoms with Crippen molar-refractivity contribution >= 4 is 22.1 Å². The lowest BCUT2D eigenvalue weighted by Crippen LogP contribution is -2.52. The lowest BCUT2D eigenvalue weighted by Gasteiger charge is -2.29. The van der Waals surface area contributed by atoms with Crippen molar-refractivity contribution in [2.24, 2.45) is 0 Å². The highest BCUT2D eigenvalue weighted by Gasteiger charge is 2.63. The summed E-state index contributed by atoms with van der Waals surface area (Å²) >= 11 is 0. The first-order valence-electron chi connectivity index (χ1n) is 10.2. The van der Waals surface area contributed by atoms with Gasteiger partial charge in [-0.3, -0.25) is 0 Å². The zero-order valence-electron chi connectivity index (χ0n) is 19.9. The Morgan fingerprint density at radius 1 is 1.00 bits per heavy atom. The Labute approximate surface area is 210 Å². The highest BCUT2D eigenvalue weighted by Crippen LogP contribution is 2.38. The first kappa shape index (κ1) is 31.7. The fourth-order valence-electron chi connectivity index (χ4n) is 2.58. The van der Waals surface area contributed by atoms with Gasteiger partial charge in [-0.15, -0.1) is 0 Å². The minimum atomic E-state index is -6.78. The molecule has 1 atom stereocenters. The van der Waals surface area contributed by atoms with Crippen LogP contribution in [0.3, 0.4) is 0 Å². The molecule has 0 heterocycles. The molecule has 2 aromatic rings. The average molecular weight is 554 g/mol. The third-order valence-corrected chi connectivity index (χ3v) is 5.02. The van der Waals surface area contributed by atoms with Gasteiger partial charge in [-0.2, -0.15) is 22.0 Å². The van der Waals surface area contributed by atoms with Gasteiger partial charge >= 0.3 is 23.4 Å². The second kappa shape index (κ2) is 12.3. The maximum absolute atomic E-state index is 13.2. The first-order chi connectivity index (χ1) is 16.8. The Kier molecular flexibility index (Phi) is 10.5. The van der Waals surface area contributed by atoms with Gasteiger partial charge in [0.2, 0.25) is 0 Å². The molecule has 0 aliphatic heterocycles. The van der Waals surface area contributed by atoms with Crippen LogP contribution < -0.4 is 4.74 Å². The van der Waals surface area contributed by atoms with E-state index in [1.165, 1.54) is 5.56 Å². The third-order valence-electron chi connectivity index (χ3n) is 4.14. The van der Waals surface area contributed by atoms with Gasteiger partial charge in [-0.1, -0.05) is 36.9 Å². The van der Waals surface area contributed by atoms with Gasteiger partial charge in [0.1, 0.15) is 12.3 Å². The van der Waals surface area contributed by atoms with Crippen molar-refractivity contribution in [1.82, 2.24) is 0 Å². The standard InChI is InChI=1S/C13H9F5O7S.C10H16N/c1-2-9(19)24-8-5-3-7(4-6-8)10(20)25-11(12(14,15)16)13(17,18)26(21,22)23;1-11(2,3)9-10-7-5-4-6-8-10/h2-6,11H,1H2,(H,21,22,23);4-8H,9H2,1-3H3/q;+1/p-1. The van der Waals surface area contributed by atoms with Gasteiger partial charge in [-0.05, 0) is 24.3 Å². The maximum Gasteiger partial charge on any atom is 0.432 e. The van der Waals surface area contributed by atoms with Gasteiger partial charge in [0.05, 0.1) is 26.7 Å². The number of ether oxygens (including phenoxy) is 2. The number of quaternary nitrogens is 1. The van der Waals surface area contributed by atoms with E-state index in [1.807, 2.05) is 0 Å². The molecule has 0 fully saturated rings. The van der Waals surface area contributed by atoms with Crippen LogP contribution in [0.25, 0.3) is 0 Å². The predicted octanol–water partition coefficient (Wildman–Crippen LogP) is 3.90. The molecule has 0 aromatic heterocycles. The fourth-order valence-corrected chi connectivity index (χ4v) is 3.02. The van der Waals surface area contributed by atoms with Crippen molar-refractivity contribution in [2.45, 2.75) is 24.1 Å². The molecule has 0 saturated heterocycles. The minimum absolute atomic E-state index is 0.161. The molecular formula is C23H24F5NO7S. The molecule has 2 aromatic carbocycles. The normalized spacial score (nSPS) is 13.0. The van der Waals surface area contributed by atoms with Crippen LogP contribution in [0, 0.1) is 0 Å². The largest absolute Gasteiger partial charge is 0.743 e. The zero-order chi connectivity index (χ0) is 28.7. The number of rotatable bonds is 8. The van der Waals surface area contributed by atoms with E-state index in [-0.39, 0.29) is 5.75 Å². The van der Waals surface area contributed by atoms with Gasteiger partial charge < -0.3 is 18.5 Å². The molecule has 2 rings (SSSR count). The van der Waals surface area contributed by atoms with Crippen molar-refractivity contribution in [3.8, 4) is 5.75 Å². The second-order valence-electron chi connectivity index (χ2n) is 8.43. The van der Waals surface area contributed by atoms with E-state index in [2.05, 4.69) is 67.5 Å². The number of nitrogens with zero attached hydrogens (tertiary/aromatic N) is 1. The Bertz CT molecular complexity index is 1180. The Hall–Kier alpha value is -3.36. The SMILES string of the molecule is C=CC(=O)Oc1ccc(C(=O)OC(C(F)(F)F)C(F)(F)S(=O)(=O)[O-])cc1.C[N+](C)(C)Cc1ccccc1. The summed E-state index contributed by atoms with van der Waals surface area (Å²) in [4.78, 5) is 22.5. The van der Waals surface area contributed by atoms with E-state index >= 15 is 0 Å². The maximum atomic E-state index is 13.2. The van der Waals surface area contributed by atoms with Crippen LogP contribution in [-0.2, 0) is 26.2 Å². The van der Waals surface area contributed by atoms with Gasteiger partial charge in [0.15, 0.2) is 10.1 Å². The molecule has 0 amide bonds. The quantitative estimate of drug-likeness (QED) is 0.122. The molecule has 204 valence electrons. The Balaban J connectivity index is 0.000000516. The van der Waals surface area contributed by atoms with Crippen molar-refractivity contribution in [3.63, 3.8) is 0 Å². The first-order valence-corrected chi connectivity index (χ1v) is 11.6. The van der Waals surface area contributed by atoms with E-state index in [9.17, 15) is 44.5 Å². The highest BCUT2D eigenvalue weighted by molar-refractivity contribution is 7.86. The lowest BCUT2D eigenvalue weighted by molar-refractivity contribution is -0.884. The second-order valence-corrected chi connectivity index (χ2v) is 9.88. The topological polar surface area (TPSA) is 110 Å². The molecule has 0 aliphatic rings. The summed E-state index contributed by atoms with van der Waals surface area (Å²) in [7, 11) is -0.179. The highest BCUT2D eigenvalue weighted by atomic mass is 32.2. The number of hydrogen-bond acceptors (Lipinski definition) is 7. The molecule has 37 heavy (non-hydrogen) atoms. The van der Waals surface area contributed by atoms with Crippen molar-refractivity contribution in [1.29, 1.82) is 0 Å². The number of carbonyl (C=O) groups excluding carboxylic acids is 2. The number of esters is 2. The number of carbonyl (C=O) groups is 2. The van der Waals surface area contributed by atoms with Crippen LogP contribution >= 0.6 is 0 Å². The lowest BCUT2D eigenvalue weighted by atomic mass is 10.2. The van der Waals surface area contributed by atoms with E-state index < -0.39 is 45.2 Å². The molecule has 0 bridgehead atoms. The summed E-state index contributed by atoms with van der Waals surface area (Å²) in [5.41, 5.74) is 0.691. The predicted molar refractivity (Wildman–Crippen MR) is 120 cm³/mol. The molecular weight excluding hydrogens is 529 g/mol. The van der Waals surface area contributed by atoms with Crippen molar-refractivity contribution in [3.05, 3.63) is 78.4 Å². The number of hydrogen-bond donors (Lipinski definition) is 0. The summed E-state index contributed by atoms with van der Waals surface area (Å²) in [5.74, 6) is -3.04. The molecule has 1 unspecified atom stereocenters. The molecule has 0 spiro atoms. The Morgan fingerprint density at radius 2 is 1.51 bits per heavy atom. The van der Waals surface area contributed by atoms with Crippen molar-refractivity contribution in [2.75, 3.05) is 21.1 Å². The Morgan fingerprint density at radius 3 is 1.92 bits per heavy atom. The molecule has 0 N–H and O–H groups in total. The van der Waals surface area contributed by atoms with Crippen LogP contribution in [0.1, 0.15) is 15.9 Å².